The van der Waals surface area contributed by atoms with Gasteiger partial charge in [0.05, 0.1) is 0 Å². The number of aromatic nitrogens is 4. The smallest absolute Gasteiger partial charge is 0.263 e. The summed E-state index contributed by atoms with van der Waals surface area (Å²) in [5, 5.41) is 17.3. The summed E-state index contributed by atoms with van der Waals surface area (Å²) in [7, 11) is 0. The van der Waals surface area contributed by atoms with Crippen molar-refractivity contribution < 1.29 is 9.53 Å². The fraction of sp³-hybridized carbons (Fsp3) is 0.304. The number of aryl methyl sites for hydroxylation is 1. The Bertz CT molecular complexity index is 1230. The highest BCUT2D eigenvalue weighted by molar-refractivity contribution is 7.08. The largest absolute Gasteiger partial charge is 0.481 e. The summed E-state index contributed by atoms with van der Waals surface area (Å²) >= 11 is 1.62. The lowest BCUT2D eigenvalue weighted by atomic mass is 10.2. The molecule has 164 valence electrons. The average Bonchev–Trinajstić information content (AvgIpc) is 3.49. The molecule has 1 aliphatic rings. The van der Waals surface area contributed by atoms with Crippen LogP contribution in [0.4, 0.5) is 5.82 Å². The van der Waals surface area contributed by atoms with E-state index in [1.165, 1.54) is 0 Å². The van der Waals surface area contributed by atoms with Crippen molar-refractivity contribution in [1.82, 2.24) is 24.7 Å². The Morgan fingerprint density at radius 2 is 1.88 bits per heavy atom. The highest BCUT2D eigenvalue weighted by Crippen LogP contribution is 2.23. The van der Waals surface area contributed by atoms with Gasteiger partial charge in [0, 0.05) is 37.1 Å². The quantitative estimate of drug-likeness (QED) is 0.466. The second kappa shape index (κ2) is 8.58. The van der Waals surface area contributed by atoms with Gasteiger partial charge in [-0.1, -0.05) is 18.2 Å². The first kappa shape index (κ1) is 20.4. The van der Waals surface area contributed by atoms with E-state index in [1.807, 2.05) is 72.0 Å². The van der Waals surface area contributed by atoms with Gasteiger partial charge in [-0.05, 0) is 49.1 Å². The van der Waals surface area contributed by atoms with E-state index < -0.39 is 6.10 Å². The summed E-state index contributed by atoms with van der Waals surface area (Å²) in [5.41, 5.74) is 2.74. The first-order valence-corrected chi connectivity index (χ1v) is 11.6. The zero-order chi connectivity index (χ0) is 22.1. The minimum absolute atomic E-state index is 0.00914. The van der Waals surface area contributed by atoms with Crippen molar-refractivity contribution >= 4 is 28.7 Å². The normalized spacial score (nSPS) is 15.2. The molecule has 9 heteroatoms. The van der Waals surface area contributed by atoms with E-state index in [0.29, 0.717) is 31.8 Å². The molecule has 4 heterocycles. The second-order valence-corrected chi connectivity index (χ2v) is 8.62. The van der Waals surface area contributed by atoms with Crippen molar-refractivity contribution in [3.63, 3.8) is 0 Å². The molecule has 1 amide bonds. The molecule has 0 spiro atoms. The van der Waals surface area contributed by atoms with Gasteiger partial charge in [0.2, 0.25) is 0 Å². The summed E-state index contributed by atoms with van der Waals surface area (Å²) in [6.07, 6.45) is -0.526. The number of fused-ring (bicyclic) bond motifs is 1. The van der Waals surface area contributed by atoms with Gasteiger partial charge in [0.15, 0.2) is 17.6 Å². The lowest BCUT2D eigenvalue weighted by Crippen LogP contribution is -2.52. The van der Waals surface area contributed by atoms with Gasteiger partial charge in [-0.15, -0.1) is 15.3 Å². The van der Waals surface area contributed by atoms with Crippen molar-refractivity contribution in [2.75, 3.05) is 31.1 Å². The molecule has 0 aliphatic carbocycles. The molecule has 3 aromatic heterocycles. The zero-order valence-electron chi connectivity index (χ0n) is 18.0. The maximum Gasteiger partial charge on any atom is 0.263 e. The third kappa shape index (κ3) is 3.91. The minimum Gasteiger partial charge on any atom is -0.481 e. The molecule has 1 aliphatic heterocycles. The molecule has 1 unspecified atom stereocenters. The van der Waals surface area contributed by atoms with Crippen molar-refractivity contribution in [2.24, 2.45) is 0 Å². The summed E-state index contributed by atoms with van der Waals surface area (Å²) < 4.78 is 7.71. The summed E-state index contributed by atoms with van der Waals surface area (Å²) in [4.78, 5) is 17.0. The Morgan fingerprint density at radius 3 is 2.62 bits per heavy atom. The summed E-state index contributed by atoms with van der Waals surface area (Å²) in [5.74, 6) is 2.35. The zero-order valence-corrected chi connectivity index (χ0v) is 18.8. The van der Waals surface area contributed by atoms with Crippen LogP contribution in [-0.2, 0) is 4.79 Å². The molecule has 0 N–H and O–H groups in total. The molecule has 0 radical (unpaired) electrons. The fourth-order valence-electron chi connectivity index (χ4n) is 3.86. The maximum atomic E-state index is 12.9. The topological polar surface area (TPSA) is 75.9 Å². The van der Waals surface area contributed by atoms with Gasteiger partial charge in [-0.3, -0.25) is 4.79 Å². The molecule has 1 saturated heterocycles. The molecule has 0 bridgehead atoms. The van der Waals surface area contributed by atoms with Gasteiger partial charge in [-0.25, -0.2) is 0 Å². The Hall–Kier alpha value is -3.46. The molecule has 1 aromatic carbocycles. The van der Waals surface area contributed by atoms with E-state index in [0.717, 1.165) is 28.5 Å². The number of nitrogens with zero attached hydrogens (tertiary/aromatic N) is 6. The second-order valence-electron chi connectivity index (χ2n) is 7.84. The first-order chi connectivity index (χ1) is 15.6. The number of benzene rings is 1. The molecule has 0 saturated carbocycles. The minimum atomic E-state index is -0.526. The highest BCUT2D eigenvalue weighted by atomic mass is 32.1. The van der Waals surface area contributed by atoms with Crippen LogP contribution < -0.4 is 9.64 Å². The average molecular weight is 449 g/mol. The van der Waals surface area contributed by atoms with Gasteiger partial charge in [-0.2, -0.15) is 15.9 Å². The molecular weight excluding hydrogens is 424 g/mol. The monoisotopic (exact) mass is 448 g/mol. The van der Waals surface area contributed by atoms with Gasteiger partial charge >= 0.3 is 0 Å². The third-order valence-electron chi connectivity index (χ3n) is 5.69. The number of hydrogen-bond acceptors (Lipinski definition) is 7. The molecule has 8 nitrogen and oxygen atoms in total. The standard InChI is InChI=1S/C23H24N6O2S/c1-16-5-3-4-6-19(16)31-17(2)23(30)28-12-10-27(11-13-28)21-8-7-20-24-25-22(29(20)26-21)18-9-14-32-15-18/h3-9,14-15,17H,10-13H2,1-2H3. The van der Waals surface area contributed by atoms with E-state index in [4.69, 9.17) is 9.84 Å². The Balaban J connectivity index is 1.25. The Kier molecular flexibility index (Phi) is 5.48. The predicted octanol–water partition coefficient (Wildman–Crippen LogP) is 3.28. The summed E-state index contributed by atoms with van der Waals surface area (Å²) in [6.45, 7) is 6.46. The first-order valence-electron chi connectivity index (χ1n) is 10.6. The third-order valence-corrected chi connectivity index (χ3v) is 6.37. The molecule has 4 aromatic rings. The number of anilines is 1. The van der Waals surface area contributed by atoms with Crippen LogP contribution in [0.2, 0.25) is 0 Å². The number of rotatable bonds is 5. The summed E-state index contributed by atoms with van der Waals surface area (Å²) in [6, 6.07) is 13.7. The van der Waals surface area contributed by atoms with Crippen LogP contribution in [0.5, 0.6) is 5.75 Å². The Morgan fingerprint density at radius 1 is 1.06 bits per heavy atom. The van der Waals surface area contributed by atoms with Crippen LogP contribution in [0.15, 0.2) is 53.2 Å². The van der Waals surface area contributed by atoms with Crippen molar-refractivity contribution in [2.45, 2.75) is 20.0 Å². The lowest BCUT2D eigenvalue weighted by molar-refractivity contribution is -0.138. The van der Waals surface area contributed by atoms with Crippen molar-refractivity contribution in [3.05, 3.63) is 58.8 Å². The van der Waals surface area contributed by atoms with Crippen LogP contribution in [-0.4, -0.2) is 62.9 Å². The molecule has 1 fully saturated rings. The maximum absolute atomic E-state index is 12.9. The van der Waals surface area contributed by atoms with Crippen LogP contribution in [0, 0.1) is 6.92 Å². The molecule has 32 heavy (non-hydrogen) atoms. The molecule has 1 atom stereocenters. The van der Waals surface area contributed by atoms with Crippen molar-refractivity contribution in [1.29, 1.82) is 0 Å². The number of carbonyl (C=O) groups is 1. The van der Waals surface area contributed by atoms with E-state index in [-0.39, 0.29) is 5.91 Å². The lowest BCUT2D eigenvalue weighted by Gasteiger charge is -2.36. The molecular formula is C23H24N6O2S. The van der Waals surface area contributed by atoms with E-state index >= 15 is 0 Å². The predicted molar refractivity (Wildman–Crippen MR) is 124 cm³/mol. The van der Waals surface area contributed by atoms with Crippen LogP contribution in [0.1, 0.15) is 12.5 Å². The van der Waals surface area contributed by atoms with Gasteiger partial charge in [0.1, 0.15) is 11.6 Å². The van der Waals surface area contributed by atoms with Gasteiger partial charge in [0.25, 0.3) is 5.91 Å². The van der Waals surface area contributed by atoms with E-state index in [9.17, 15) is 4.79 Å². The van der Waals surface area contributed by atoms with Crippen LogP contribution >= 0.6 is 11.3 Å². The number of amides is 1. The Labute approximate surface area is 190 Å². The number of piperazine rings is 1. The number of thiophene rings is 1. The van der Waals surface area contributed by atoms with Crippen LogP contribution in [0.3, 0.4) is 0 Å². The van der Waals surface area contributed by atoms with Crippen LogP contribution in [0.25, 0.3) is 17.0 Å². The number of hydrogen-bond donors (Lipinski definition) is 0. The number of ether oxygens (including phenoxy) is 1. The SMILES string of the molecule is Cc1ccccc1OC(C)C(=O)N1CCN(c2ccc3nnc(-c4ccsc4)n3n2)CC1. The molecule has 5 rings (SSSR count). The number of carbonyl (C=O) groups excluding carboxylic acids is 1. The van der Waals surface area contributed by atoms with E-state index in [2.05, 4.69) is 15.1 Å². The fourth-order valence-corrected chi connectivity index (χ4v) is 4.50. The van der Waals surface area contributed by atoms with Gasteiger partial charge < -0.3 is 14.5 Å². The van der Waals surface area contributed by atoms with Crippen molar-refractivity contribution in [3.8, 4) is 17.1 Å². The number of para-hydroxylation sites is 1. The van der Waals surface area contributed by atoms with E-state index in [1.54, 1.807) is 15.9 Å². The highest BCUT2D eigenvalue weighted by Gasteiger charge is 2.27.